The van der Waals surface area contributed by atoms with Crippen molar-refractivity contribution in [1.82, 2.24) is 0 Å². The van der Waals surface area contributed by atoms with E-state index < -0.39 is 0 Å². The van der Waals surface area contributed by atoms with Gasteiger partial charge in [0.25, 0.3) is 0 Å². The maximum Gasteiger partial charge on any atom is 0.135 e. The number of hydrogen-bond acceptors (Lipinski definition) is 3. The van der Waals surface area contributed by atoms with Crippen molar-refractivity contribution >= 4 is 11.6 Å². The molecule has 0 atom stereocenters. The van der Waals surface area contributed by atoms with Gasteiger partial charge in [-0.05, 0) is 43.2 Å². The van der Waals surface area contributed by atoms with Crippen LogP contribution in [-0.2, 0) is 6.54 Å². The first-order valence-electron chi connectivity index (χ1n) is 6.36. The van der Waals surface area contributed by atoms with Crippen LogP contribution in [-0.4, -0.2) is 7.11 Å². The van der Waals surface area contributed by atoms with Crippen molar-refractivity contribution in [3.63, 3.8) is 0 Å². The second-order valence-electron chi connectivity index (χ2n) is 4.65. The molecular formula is C16H18ClNO2. The second kappa shape index (κ2) is 6.16. The van der Waals surface area contributed by atoms with E-state index in [0.717, 1.165) is 33.2 Å². The van der Waals surface area contributed by atoms with Crippen LogP contribution in [0.15, 0.2) is 30.3 Å². The summed E-state index contributed by atoms with van der Waals surface area (Å²) in [6.07, 6.45) is 0. The fourth-order valence-electron chi connectivity index (χ4n) is 2.02. The van der Waals surface area contributed by atoms with Crippen molar-refractivity contribution in [3.8, 4) is 17.2 Å². The van der Waals surface area contributed by atoms with E-state index in [-0.39, 0.29) is 0 Å². The fourth-order valence-corrected chi connectivity index (χ4v) is 2.13. The van der Waals surface area contributed by atoms with E-state index in [1.165, 1.54) is 0 Å². The highest BCUT2D eigenvalue weighted by Crippen LogP contribution is 2.32. The highest BCUT2D eigenvalue weighted by atomic mass is 35.5. The van der Waals surface area contributed by atoms with E-state index in [1.54, 1.807) is 7.11 Å². The lowest BCUT2D eigenvalue weighted by atomic mass is 10.1. The van der Waals surface area contributed by atoms with E-state index in [1.807, 2.05) is 44.2 Å². The summed E-state index contributed by atoms with van der Waals surface area (Å²) >= 11 is 6.16. The zero-order valence-electron chi connectivity index (χ0n) is 11.9. The Kier molecular flexibility index (Phi) is 4.53. The molecule has 3 nitrogen and oxygen atoms in total. The van der Waals surface area contributed by atoms with Crippen LogP contribution < -0.4 is 15.2 Å². The van der Waals surface area contributed by atoms with Gasteiger partial charge in [0.2, 0.25) is 0 Å². The smallest absolute Gasteiger partial charge is 0.135 e. The standard InChI is InChI=1S/C16H18ClNO2/c1-10-6-14(7-11(2)16(10)17)20-15-8-13(19-3)5-4-12(15)9-18/h4-8H,9,18H2,1-3H3. The van der Waals surface area contributed by atoms with Crippen LogP contribution in [0.5, 0.6) is 17.2 Å². The molecular weight excluding hydrogens is 274 g/mol. The van der Waals surface area contributed by atoms with E-state index in [0.29, 0.717) is 12.3 Å². The van der Waals surface area contributed by atoms with Crippen LogP contribution >= 0.6 is 11.6 Å². The monoisotopic (exact) mass is 291 g/mol. The molecule has 0 saturated carbocycles. The van der Waals surface area contributed by atoms with E-state index in [2.05, 4.69) is 0 Å². The SMILES string of the molecule is COc1ccc(CN)c(Oc2cc(C)c(Cl)c(C)c2)c1. The van der Waals surface area contributed by atoms with Crippen molar-refractivity contribution in [2.24, 2.45) is 5.73 Å². The molecule has 0 heterocycles. The fraction of sp³-hybridized carbons (Fsp3) is 0.250. The first kappa shape index (κ1) is 14.7. The summed E-state index contributed by atoms with van der Waals surface area (Å²) in [4.78, 5) is 0. The van der Waals surface area contributed by atoms with Crippen LogP contribution in [0.1, 0.15) is 16.7 Å². The third-order valence-corrected chi connectivity index (χ3v) is 3.73. The number of hydrogen-bond donors (Lipinski definition) is 1. The Bertz CT molecular complexity index is 603. The molecule has 0 spiro atoms. The maximum absolute atomic E-state index is 6.16. The molecule has 20 heavy (non-hydrogen) atoms. The van der Waals surface area contributed by atoms with E-state index in [4.69, 9.17) is 26.8 Å². The summed E-state index contributed by atoms with van der Waals surface area (Å²) in [7, 11) is 1.62. The number of ether oxygens (including phenoxy) is 2. The van der Waals surface area contributed by atoms with Gasteiger partial charge in [-0.3, -0.25) is 0 Å². The Morgan fingerprint density at radius 1 is 1.05 bits per heavy atom. The second-order valence-corrected chi connectivity index (χ2v) is 5.03. The van der Waals surface area contributed by atoms with E-state index >= 15 is 0 Å². The first-order chi connectivity index (χ1) is 9.55. The summed E-state index contributed by atoms with van der Waals surface area (Å²) in [6.45, 7) is 4.32. The van der Waals surface area contributed by atoms with Gasteiger partial charge in [0.15, 0.2) is 0 Å². The van der Waals surface area contributed by atoms with Gasteiger partial charge in [0.1, 0.15) is 17.2 Å². The number of nitrogens with two attached hydrogens (primary N) is 1. The quantitative estimate of drug-likeness (QED) is 0.917. The zero-order chi connectivity index (χ0) is 14.7. The Morgan fingerprint density at radius 2 is 1.70 bits per heavy atom. The Labute approximate surface area is 124 Å². The molecule has 0 aliphatic heterocycles. The van der Waals surface area contributed by atoms with Gasteiger partial charge in [-0.15, -0.1) is 0 Å². The predicted octanol–water partition coefficient (Wildman–Crippen LogP) is 4.22. The topological polar surface area (TPSA) is 44.5 Å². The Hall–Kier alpha value is -1.71. The summed E-state index contributed by atoms with van der Waals surface area (Å²) in [5.74, 6) is 2.18. The van der Waals surface area contributed by atoms with Crippen molar-refractivity contribution in [2.75, 3.05) is 7.11 Å². The number of rotatable bonds is 4. The van der Waals surface area contributed by atoms with Crippen molar-refractivity contribution in [2.45, 2.75) is 20.4 Å². The first-order valence-corrected chi connectivity index (χ1v) is 6.74. The zero-order valence-corrected chi connectivity index (χ0v) is 12.6. The van der Waals surface area contributed by atoms with Gasteiger partial charge in [0.05, 0.1) is 7.11 Å². The lowest BCUT2D eigenvalue weighted by Crippen LogP contribution is -2.00. The van der Waals surface area contributed by atoms with Crippen molar-refractivity contribution < 1.29 is 9.47 Å². The third kappa shape index (κ3) is 3.06. The summed E-state index contributed by atoms with van der Waals surface area (Å²) < 4.78 is 11.2. The minimum absolute atomic E-state index is 0.408. The van der Waals surface area contributed by atoms with Crippen LogP contribution in [0.25, 0.3) is 0 Å². The molecule has 0 radical (unpaired) electrons. The lowest BCUT2D eigenvalue weighted by Gasteiger charge is -2.13. The molecule has 0 aliphatic rings. The van der Waals surface area contributed by atoms with Crippen molar-refractivity contribution in [3.05, 3.63) is 52.0 Å². The molecule has 2 rings (SSSR count). The lowest BCUT2D eigenvalue weighted by molar-refractivity contribution is 0.408. The van der Waals surface area contributed by atoms with Gasteiger partial charge in [-0.1, -0.05) is 17.7 Å². The highest BCUT2D eigenvalue weighted by Gasteiger charge is 2.08. The van der Waals surface area contributed by atoms with Gasteiger partial charge in [0, 0.05) is 23.2 Å². The number of halogens is 1. The molecule has 0 aliphatic carbocycles. The molecule has 0 saturated heterocycles. The highest BCUT2D eigenvalue weighted by molar-refractivity contribution is 6.32. The summed E-state index contributed by atoms with van der Waals surface area (Å²) in [6, 6.07) is 9.43. The Morgan fingerprint density at radius 3 is 2.25 bits per heavy atom. The summed E-state index contributed by atoms with van der Waals surface area (Å²) in [5, 5.41) is 0.766. The minimum Gasteiger partial charge on any atom is -0.497 e. The molecule has 2 N–H and O–H groups in total. The number of methoxy groups -OCH3 is 1. The number of benzene rings is 2. The number of aryl methyl sites for hydroxylation is 2. The normalized spacial score (nSPS) is 10.4. The summed E-state index contributed by atoms with van der Waals surface area (Å²) in [5.41, 5.74) is 8.63. The van der Waals surface area contributed by atoms with Crippen LogP contribution in [0.3, 0.4) is 0 Å². The van der Waals surface area contributed by atoms with Gasteiger partial charge < -0.3 is 15.2 Å². The van der Waals surface area contributed by atoms with Gasteiger partial charge >= 0.3 is 0 Å². The molecule has 0 aromatic heterocycles. The molecule has 0 unspecified atom stereocenters. The van der Waals surface area contributed by atoms with Crippen LogP contribution in [0, 0.1) is 13.8 Å². The van der Waals surface area contributed by atoms with E-state index in [9.17, 15) is 0 Å². The molecule has 0 amide bonds. The Balaban J connectivity index is 2.38. The molecule has 2 aromatic rings. The average molecular weight is 292 g/mol. The minimum atomic E-state index is 0.408. The van der Waals surface area contributed by atoms with Crippen LogP contribution in [0.4, 0.5) is 0 Å². The molecule has 2 aromatic carbocycles. The maximum atomic E-state index is 6.16. The largest absolute Gasteiger partial charge is 0.497 e. The van der Waals surface area contributed by atoms with Gasteiger partial charge in [-0.25, -0.2) is 0 Å². The van der Waals surface area contributed by atoms with Crippen LogP contribution in [0.2, 0.25) is 5.02 Å². The van der Waals surface area contributed by atoms with Crippen molar-refractivity contribution in [1.29, 1.82) is 0 Å². The average Bonchev–Trinajstić information content (AvgIpc) is 2.44. The molecule has 0 bridgehead atoms. The molecule has 4 heteroatoms. The predicted molar refractivity (Wildman–Crippen MR) is 81.9 cm³/mol. The third-order valence-electron chi connectivity index (χ3n) is 3.13. The van der Waals surface area contributed by atoms with Gasteiger partial charge in [-0.2, -0.15) is 0 Å². The molecule has 0 fully saturated rings. The molecule has 106 valence electrons.